The van der Waals surface area contributed by atoms with Crippen LogP contribution < -0.4 is 14.8 Å². The second kappa shape index (κ2) is 9.12. The molecule has 0 spiro atoms. The van der Waals surface area contributed by atoms with Crippen molar-refractivity contribution in [1.82, 2.24) is 10.2 Å². The van der Waals surface area contributed by atoms with Crippen LogP contribution in [0.15, 0.2) is 59.6 Å². The molecular formula is C22H27N3O2. The van der Waals surface area contributed by atoms with Gasteiger partial charge in [-0.25, -0.2) is 0 Å². The minimum Gasteiger partial charge on any atom is -0.493 e. The zero-order chi connectivity index (χ0) is 19.1. The molecule has 3 rings (SSSR count). The van der Waals surface area contributed by atoms with Gasteiger partial charge in [0, 0.05) is 26.7 Å². The van der Waals surface area contributed by atoms with Gasteiger partial charge in [-0.15, -0.1) is 0 Å². The average Bonchev–Trinajstić information content (AvgIpc) is 2.75. The molecule has 5 nitrogen and oxygen atoms in total. The largest absolute Gasteiger partial charge is 0.493 e. The second-order valence-electron chi connectivity index (χ2n) is 6.38. The molecule has 2 aromatic carbocycles. The molecule has 0 unspecified atom stereocenters. The highest BCUT2D eigenvalue weighted by molar-refractivity contribution is 5.81. The van der Waals surface area contributed by atoms with E-state index in [0.29, 0.717) is 6.54 Å². The lowest BCUT2D eigenvalue weighted by molar-refractivity contribution is 0.354. The Bertz CT molecular complexity index is 816. The number of nitrogens with zero attached hydrogens (tertiary/aromatic N) is 2. The molecule has 0 saturated carbocycles. The molecule has 1 aliphatic rings. The van der Waals surface area contributed by atoms with E-state index in [4.69, 9.17) is 9.47 Å². The molecule has 1 N–H and O–H groups in total. The van der Waals surface area contributed by atoms with Crippen molar-refractivity contribution in [3.8, 4) is 11.5 Å². The van der Waals surface area contributed by atoms with Gasteiger partial charge in [-0.05, 0) is 35.3 Å². The Labute approximate surface area is 161 Å². The van der Waals surface area contributed by atoms with Gasteiger partial charge < -0.3 is 19.7 Å². The maximum absolute atomic E-state index is 5.38. The third-order valence-corrected chi connectivity index (χ3v) is 4.76. The molecule has 1 aliphatic heterocycles. The minimum atomic E-state index is 0.679. The SMILES string of the molecule is CN=C(NCc1ccc(OC)c(OC)c1)N1CC=C(c2ccccc2)CC1. The molecule has 0 aliphatic carbocycles. The first-order chi connectivity index (χ1) is 13.2. The molecule has 0 radical (unpaired) electrons. The number of methoxy groups -OCH3 is 2. The maximum Gasteiger partial charge on any atom is 0.194 e. The average molecular weight is 365 g/mol. The van der Waals surface area contributed by atoms with Crippen molar-refractivity contribution in [3.63, 3.8) is 0 Å². The number of guanidine groups is 1. The molecule has 0 amide bonds. The molecule has 5 heteroatoms. The normalized spacial score (nSPS) is 14.6. The predicted molar refractivity (Wildman–Crippen MR) is 110 cm³/mol. The van der Waals surface area contributed by atoms with Crippen LogP contribution >= 0.6 is 0 Å². The number of ether oxygens (including phenoxy) is 2. The van der Waals surface area contributed by atoms with Gasteiger partial charge in [-0.3, -0.25) is 4.99 Å². The number of nitrogens with one attached hydrogen (secondary N) is 1. The van der Waals surface area contributed by atoms with E-state index in [1.165, 1.54) is 11.1 Å². The fourth-order valence-corrected chi connectivity index (χ4v) is 3.28. The first kappa shape index (κ1) is 18.8. The summed E-state index contributed by atoms with van der Waals surface area (Å²) in [6.07, 6.45) is 3.31. The summed E-state index contributed by atoms with van der Waals surface area (Å²) >= 11 is 0. The molecule has 27 heavy (non-hydrogen) atoms. The van der Waals surface area contributed by atoms with Crippen LogP contribution in [0.25, 0.3) is 5.57 Å². The number of hydrogen-bond donors (Lipinski definition) is 1. The van der Waals surface area contributed by atoms with Crippen molar-refractivity contribution in [2.24, 2.45) is 4.99 Å². The molecule has 0 saturated heterocycles. The van der Waals surface area contributed by atoms with E-state index < -0.39 is 0 Å². The summed E-state index contributed by atoms with van der Waals surface area (Å²) in [5, 5.41) is 3.45. The van der Waals surface area contributed by atoms with E-state index in [9.17, 15) is 0 Å². The second-order valence-corrected chi connectivity index (χ2v) is 6.38. The van der Waals surface area contributed by atoms with Crippen LogP contribution in [0.5, 0.6) is 11.5 Å². The standard InChI is InChI=1S/C22H27N3O2/c1-23-22(24-16-17-9-10-20(26-2)21(15-17)27-3)25-13-11-19(12-14-25)18-7-5-4-6-8-18/h4-11,15H,12-14,16H2,1-3H3,(H,23,24). The van der Waals surface area contributed by atoms with Crippen molar-refractivity contribution < 1.29 is 9.47 Å². The lowest BCUT2D eigenvalue weighted by Gasteiger charge is -2.30. The molecule has 0 bridgehead atoms. The zero-order valence-corrected chi connectivity index (χ0v) is 16.2. The molecule has 142 valence electrons. The van der Waals surface area contributed by atoms with Crippen molar-refractivity contribution >= 4 is 11.5 Å². The van der Waals surface area contributed by atoms with E-state index in [1.54, 1.807) is 14.2 Å². The monoisotopic (exact) mass is 365 g/mol. The number of benzene rings is 2. The third kappa shape index (κ3) is 4.61. The fourth-order valence-electron chi connectivity index (χ4n) is 3.28. The van der Waals surface area contributed by atoms with Gasteiger partial charge in [0.1, 0.15) is 0 Å². The molecule has 1 heterocycles. The van der Waals surface area contributed by atoms with Crippen LogP contribution in [-0.4, -0.2) is 45.2 Å². The fraction of sp³-hybridized carbons (Fsp3) is 0.318. The number of aliphatic imine (C=N–C) groups is 1. The number of hydrogen-bond acceptors (Lipinski definition) is 3. The summed E-state index contributed by atoms with van der Waals surface area (Å²) < 4.78 is 10.7. The Morgan fingerprint density at radius 1 is 1.07 bits per heavy atom. The van der Waals surface area contributed by atoms with Crippen molar-refractivity contribution in [1.29, 1.82) is 0 Å². The van der Waals surface area contributed by atoms with Gasteiger partial charge in [-0.2, -0.15) is 0 Å². The summed E-state index contributed by atoms with van der Waals surface area (Å²) in [7, 11) is 5.12. The van der Waals surface area contributed by atoms with Gasteiger partial charge in [0.25, 0.3) is 0 Å². The van der Waals surface area contributed by atoms with Gasteiger partial charge in [0.15, 0.2) is 17.5 Å². The summed E-state index contributed by atoms with van der Waals surface area (Å²) in [6, 6.07) is 16.5. The highest BCUT2D eigenvalue weighted by atomic mass is 16.5. The van der Waals surface area contributed by atoms with Gasteiger partial charge >= 0.3 is 0 Å². The van der Waals surface area contributed by atoms with E-state index in [0.717, 1.165) is 42.5 Å². The van der Waals surface area contributed by atoms with Gasteiger partial charge in [-0.1, -0.05) is 42.5 Å². The van der Waals surface area contributed by atoms with Crippen LogP contribution in [0, 0.1) is 0 Å². The van der Waals surface area contributed by atoms with Crippen molar-refractivity contribution in [2.75, 3.05) is 34.4 Å². The molecule has 0 fully saturated rings. The van der Waals surface area contributed by atoms with E-state index in [2.05, 4.69) is 51.6 Å². The van der Waals surface area contributed by atoms with Crippen LogP contribution in [0.2, 0.25) is 0 Å². The molecule has 0 aromatic heterocycles. The van der Waals surface area contributed by atoms with E-state index in [1.807, 2.05) is 25.2 Å². The van der Waals surface area contributed by atoms with Gasteiger partial charge in [0.2, 0.25) is 0 Å². The zero-order valence-electron chi connectivity index (χ0n) is 16.2. The maximum atomic E-state index is 5.38. The van der Waals surface area contributed by atoms with Crippen LogP contribution in [0.3, 0.4) is 0 Å². The summed E-state index contributed by atoms with van der Waals surface area (Å²) in [6.45, 7) is 2.49. The minimum absolute atomic E-state index is 0.679. The Balaban J connectivity index is 1.61. The smallest absolute Gasteiger partial charge is 0.194 e. The van der Waals surface area contributed by atoms with Crippen LogP contribution in [0.4, 0.5) is 0 Å². The molecule has 2 aromatic rings. The van der Waals surface area contributed by atoms with E-state index in [-0.39, 0.29) is 0 Å². The summed E-state index contributed by atoms with van der Waals surface area (Å²) in [5.41, 5.74) is 3.83. The lowest BCUT2D eigenvalue weighted by Crippen LogP contribution is -2.43. The highest BCUT2D eigenvalue weighted by Gasteiger charge is 2.16. The van der Waals surface area contributed by atoms with Crippen molar-refractivity contribution in [2.45, 2.75) is 13.0 Å². The topological polar surface area (TPSA) is 46.1 Å². The van der Waals surface area contributed by atoms with Gasteiger partial charge in [0.05, 0.1) is 14.2 Å². The van der Waals surface area contributed by atoms with Crippen LogP contribution in [0.1, 0.15) is 17.5 Å². The van der Waals surface area contributed by atoms with Crippen molar-refractivity contribution in [3.05, 3.63) is 65.7 Å². The highest BCUT2D eigenvalue weighted by Crippen LogP contribution is 2.27. The summed E-state index contributed by atoms with van der Waals surface area (Å²) in [4.78, 5) is 6.72. The third-order valence-electron chi connectivity index (χ3n) is 4.76. The first-order valence-electron chi connectivity index (χ1n) is 9.16. The molecular weight excluding hydrogens is 338 g/mol. The Morgan fingerprint density at radius 3 is 2.48 bits per heavy atom. The lowest BCUT2D eigenvalue weighted by atomic mass is 10.00. The predicted octanol–water partition coefficient (Wildman–Crippen LogP) is 3.57. The quantitative estimate of drug-likeness (QED) is 0.650. The molecule has 0 atom stereocenters. The summed E-state index contributed by atoms with van der Waals surface area (Å²) in [5.74, 6) is 2.38. The first-order valence-corrected chi connectivity index (χ1v) is 9.16. The Kier molecular flexibility index (Phi) is 6.36. The van der Waals surface area contributed by atoms with E-state index >= 15 is 0 Å². The number of rotatable bonds is 5. The Morgan fingerprint density at radius 2 is 1.85 bits per heavy atom. The van der Waals surface area contributed by atoms with Crippen LogP contribution in [-0.2, 0) is 6.54 Å². The Hall–Kier alpha value is -2.95.